The molecule has 162 valence electrons. The van der Waals surface area contributed by atoms with E-state index in [2.05, 4.69) is 14.9 Å². The van der Waals surface area contributed by atoms with Gasteiger partial charge in [-0.25, -0.2) is 4.98 Å². The van der Waals surface area contributed by atoms with Gasteiger partial charge in [0.1, 0.15) is 5.69 Å². The number of nitrogens with zero attached hydrogens (tertiary/aromatic N) is 3. The van der Waals surface area contributed by atoms with E-state index in [1.54, 1.807) is 11.0 Å². The number of nitrogens with one attached hydrogen (secondary N) is 1. The summed E-state index contributed by atoms with van der Waals surface area (Å²) in [5.74, 6) is 0.148. The van der Waals surface area contributed by atoms with Crippen LogP contribution in [0, 0.1) is 5.92 Å². The molecule has 9 heteroatoms. The molecule has 1 aromatic carbocycles. The smallest absolute Gasteiger partial charge is 0.276 e. The van der Waals surface area contributed by atoms with Crippen molar-refractivity contribution in [1.82, 2.24) is 19.8 Å². The molecule has 7 nitrogen and oxygen atoms in total. The van der Waals surface area contributed by atoms with Crippen LogP contribution in [0.25, 0.3) is 0 Å². The summed E-state index contributed by atoms with van der Waals surface area (Å²) in [7, 11) is 1.45. The van der Waals surface area contributed by atoms with Crippen molar-refractivity contribution >= 4 is 29.1 Å². The summed E-state index contributed by atoms with van der Waals surface area (Å²) in [6, 6.07) is 5.47. The number of carbonyl (C=O) groups excluding carboxylic acids is 1. The van der Waals surface area contributed by atoms with Gasteiger partial charge in [-0.1, -0.05) is 43.1 Å². The van der Waals surface area contributed by atoms with E-state index in [-0.39, 0.29) is 29.0 Å². The Morgan fingerprint density at radius 2 is 1.93 bits per heavy atom. The van der Waals surface area contributed by atoms with Crippen molar-refractivity contribution in [3.8, 4) is 5.88 Å². The predicted octanol–water partition coefficient (Wildman–Crippen LogP) is 3.24. The first-order chi connectivity index (χ1) is 14.3. The second-order valence-corrected chi connectivity index (χ2v) is 8.64. The molecule has 1 aliphatic heterocycles. The second kappa shape index (κ2) is 9.81. The van der Waals surface area contributed by atoms with Gasteiger partial charge in [0.15, 0.2) is 5.69 Å². The molecule has 2 aromatic rings. The highest BCUT2D eigenvalue weighted by molar-refractivity contribution is 6.35. The van der Waals surface area contributed by atoms with Crippen molar-refractivity contribution in [1.29, 1.82) is 0 Å². The van der Waals surface area contributed by atoms with Crippen molar-refractivity contribution in [3.05, 3.63) is 55.5 Å². The Bertz CT molecular complexity index is 969. The van der Waals surface area contributed by atoms with Gasteiger partial charge in [0.05, 0.1) is 7.11 Å². The molecule has 1 saturated heterocycles. The average Bonchev–Trinajstić information content (AvgIpc) is 2.71. The zero-order chi connectivity index (χ0) is 21.8. The summed E-state index contributed by atoms with van der Waals surface area (Å²) in [6.45, 7) is 7.13. The number of halogens is 2. The van der Waals surface area contributed by atoms with E-state index >= 15 is 0 Å². The number of methoxy groups -OCH3 is 1. The van der Waals surface area contributed by atoms with Crippen LogP contribution in [-0.2, 0) is 13.0 Å². The van der Waals surface area contributed by atoms with Crippen molar-refractivity contribution in [2.75, 3.05) is 33.3 Å². The molecule has 30 heavy (non-hydrogen) atoms. The minimum absolute atomic E-state index is 0.101. The van der Waals surface area contributed by atoms with Crippen molar-refractivity contribution in [2.24, 2.45) is 5.92 Å². The SMILES string of the molecule is COc1nc(CC(C)C)c(=O)[nH]c1C(=O)N1CCN(Cc2ccc(Cl)cc2Cl)CC1. The molecule has 1 amide bonds. The van der Waals surface area contributed by atoms with Crippen LogP contribution in [-0.4, -0.2) is 59.0 Å². The molecule has 1 fully saturated rings. The molecule has 0 saturated carbocycles. The Balaban J connectivity index is 1.67. The van der Waals surface area contributed by atoms with Crippen molar-refractivity contribution in [3.63, 3.8) is 0 Å². The fourth-order valence-corrected chi connectivity index (χ4v) is 3.91. The Morgan fingerprint density at radius 3 is 2.53 bits per heavy atom. The Hall–Kier alpha value is -2.09. The maximum absolute atomic E-state index is 13.0. The molecule has 1 aliphatic rings. The summed E-state index contributed by atoms with van der Waals surface area (Å²) in [4.78, 5) is 36.3. The number of benzene rings is 1. The zero-order valence-electron chi connectivity index (χ0n) is 17.4. The summed E-state index contributed by atoms with van der Waals surface area (Å²) in [5, 5.41) is 1.24. The van der Waals surface area contributed by atoms with E-state index in [1.807, 2.05) is 26.0 Å². The number of hydrogen-bond donors (Lipinski definition) is 1. The number of amides is 1. The lowest BCUT2D eigenvalue weighted by Crippen LogP contribution is -2.48. The fraction of sp³-hybridized carbons (Fsp3) is 0.476. The van der Waals surface area contributed by atoms with Gasteiger partial charge in [-0.15, -0.1) is 0 Å². The van der Waals surface area contributed by atoms with Crippen LogP contribution in [0.1, 0.15) is 35.6 Å². The lowest BCUT2D eigenvalue weighted by atomic mass is 10.1. The Kier molecular flexibility index (Phi) is 7.39. The summed E-state index contributed by atoms with van der Waals surface area (Å²) in [6.07, 6.45) is 0.520. The van der Waals surface area contributed by atoms with Crippen LogP contribution in [0.2, 0.25) is 10.0 Å². The molecular weight excluding hydrogens is 427 g/mol. The van der Waals surface area contributed by atoms with E-state index in [9.17, 15) is 9.59 Å². The van der Waals surface area contributed by atoms with Gasteiger partial charge in [0.2, 0.25) is 5.88 Å². The number of ether oxygens (including phenoxy) is 1. The number of H-pyrrole nitrogens is 1. The van der Waals surface area contributed by atoms with Crippen LogP contribution < -0.4 is 10.3 Å². The van der Waals surface area contributed by atoms with Gasteiger partial charge in [-0.2, -0.15) is 0 Å². The first kappa shape index (κ1) is 22.6. The first-order valence-corrected chi connectivity index (χ1v) is 10.7. The summed E-state index contributed by atoms with van der Waals surface area (Å²) in [5.41, 5.74) is 1.13. The molecule has 0 spiro atoms. The Labute approximate surface area is 185 Å². The maximum atomic E-state index is 13.0. The highest BCUT2D eigenvalue weighted by Crippen LogP contribution is 2.23. The van der Waals surface area contributed by atoms with Crippen LogP contribution in [0.15, 0.2) is 23.0 Å². The second-order valence-electron chi connectivity index (χ2n) is 7.80. The largest absolute Gasteiger partial charge is 0.479 e. The number of piperazine rings is 1. The minimum Gasteiger partial charge on any atom is -0.479 e. The van der Waals surface area contributed by atoms with E-state index in [0.717, 1.165) is 5.56 Å². The molecule has 1 aromatic heterocycles. The van der Waals surface area contributed by atoms with Crippen LogP contribution in [0.5, 0.6) is 5.88 Å². The van der Waals surface area contributed by atoms with E-state index in [1.165, 1.54) is 7.11 Å². The third-order valence-corrected chi connectivity index (χ3v) is 5.62. The van der Waals surface area contributed by atoms with Gasteiger partial charge >= 0.3 is 0 Å². The molecule has 1 N–H and O–H groups in total. The van der Waals surface area contributed by atoms with Gasteiger partial charge in [0, 0.05) is 42.8 Å². The van der Waals surface area contributed by atoms with Crippen molar-refractivity contribution < 1.29 is 9.53 Å². The monoisotopic (exact) mass is 452 g/mol. The highest BCUT2D eigenvalue weighted by Gasteiger charge is 2.27. The molecule has 0 atom stereocenters. The third kappa shape index (κ3) is 5.33. The normalized spacial score (nSPS) is 14.9. The average molecular weight is 453 g/mol. The molecule has 0 aliphatic carbocycles. The maximum Gasteiger partial charge on any atom is 0.276 e. The minimum atomic E-state index is -0.344. The van der Waals surface area contributed by atoms with Gasteiger partial charge in [-0.05, 0) is 30.0 Å². The zero-order valence-corrected chi connectivity index (χ0v) is 18.9. The lowest BCUT2D eigenvalue weighted by Gasteiger charge is -2.34. The van der Waals surface area contributed by atoms with Crippen molar-refractivity contribution in [2.45, 2.75) is 26.8 Å². The van der Waals surface area contributed by atoms with E-state index in [4.69, 9.17) is 27.9 Å². The van der Waals surface area contributed by atoms with E-state index in [0.29, 0.717) is 54.9 Å². The summed E-state index contributed by atoms with van der Waals surface area (Å²) >= 11 is 12.2. The number of aromatic nitrogens is 2. The fourth-order valence-electron chi connectivity index (χ4n) is 3.44. The van der Waals surface area contributed by atoms with Crippen LogP contribution in [0.3, 0.4) is 0 Å². The molecule has 0 bridgehead atoms. The molecule has 0 radical (unpaired) electrons. The number of hydrogen-bond acceptors (Lipinski definition) is 5. The van der Waals surface area contributed by atoms with Gasteiger partial charge in [-0.3, -0.25) is 14.5 Å². The molecule has 0 unspecified atom stereocenters. The Morgan fingerprint density at radius 1 is 1.23 bits per heavy atom. The van der Waals surface area contributed by atoms with E-state index < -0.39 is 0 Å². The lowest BCUT2D eigenvalue weighted by molar-refractivity contribution is 0.0618. The standard InChI is InChI=1S/C21H26Cl2N4O3/c1-13(2)10-17-19(28)25-18(20(24-17)30-3)21(29)27-8-6-26(7-9-27)12-14-4-5-15(22)11-16(14)23/h4-5,11,13H,6-10,12H2,1-3H3,(H,25,28). The first-order valence-electron chi connectivity index (χ1n) is 9.91. The van der Waals surface area contributed by atoms with Crippen LogP contribution in [0.4, 0.5) is 0 Å². The molecular formula is C21H26Cl2N4O3. The highest BCUT2D eigenvalue weighted by atomic mass is 35.5. The predicted molar refractivity (Wildman–Crippen MR) is 118 cm³/mol. The number of carbonyl (C=O) groups is 1. The van der Waals surface area contributed by atoms with Crippen LogP contribution >= 0.6 is 23.2 Å². The quantitative estimate of drug-likeness (QED) is 0.727. The molecule has 2 heterocycles. The third-order valence-electron chi connectivity index (χ3n) is 5.03. The van der Waals surface area contributed by atoms with Gasteiger partial charge in [0.25, 0.3) is 11.5 Å². The topological polar surface area (TPSA) is 78.5 Å². The molecule has 3 rings (SSSR count). The summed E-state index contributed by atoms with van der Waals surface area (Å²) < 4.78 is 5.29. The van der Waals surface area contributed by atoms with Gasteiger partial charge < -0.3 is 14.6 Å². The number of rotatable bonds is 6. The number of aromatic amines is 1.